The molecule has 1 atom stereocenters. The molecule has 0 radical (unpaired) electrons. The average Bonchev–Trinajstić information content (AvgIpc) is 2.84. The number of hydrogen-bond acceptors (Lipinski definition) is 4. The van der Waals surface area contributed by atoms with E-state index in [9.17, 15) is 14.4 Å². The van der Waals surface area contributed by atoms with Gasteiger partial charge in [-0.25, -0.2) is 0 Å². The maximum absolute atomic E-state index is 12.8. The third kappa shape index (κ3) is 6.45. The lowest BCUT2D eigenvalue weighted by Gasteiger charge is -2.18. The van der Waals surface area contributed by atoms with Crippen LogP contribution < -0.4 is 15.4 Å². The first kappa shape index (κ1) is 25.0. The molecule has 1 unspecified atom stereocenters. The quantitative estimate of drug-likeness (QED) is 0.445. The third-order valence-corrected chi connectivity index (χ3v) is 5.41. The van der Waals surface area contributed by atoms with Crippen LogP contribution in [0.15, 0.2) is 72.8 Å². The number of halogens is 1. The molecule has 0 aliphatic carbocycles. The maximum Gasteiger partial charge on any atom is 0.251 e. The fourth-order valence-electron chi connectivity index (χ4n) is 3.40. The molecule has 0 saturated heterocycles. The molecule has 0 saturated carbocycles. The molecule has 0 fully saturated rings. The minimum Gasteiger partial charge on any atom is -0.489 e. The molecule has 176 valence electrons. The van der Waals surface area contributed by atoms with E-state index in [0.717, 1.165) is 5.56 Å². The zero-order valence-corrected chi connectivity index (χ0v) is 20.1. The van der Waals surface area contributed by atoms with Gasteiger partial charge in [-0.05, 0) is 37.6 Å². The number of rotatable bonds is 9. The average molecular weight is 479 g/mol. The van der Waals surface area contributed by atoms with Crippen molar-refractivity contribution < 1.29 is 19.1 Å². The molecule has 3 rings (SSSR count). The number of amides is 2. The molecule has 0 bridgehead atoms. The number of carbonyl (C=O) groups excluding carboxylic acids is 3. The van der Waals surface area contributed by atoms with Crippen molar-refractivity contribution in [3.05, 3.63) is 100 Å². The van der Waals surface area contributed by atoms with Crippen molar-refractivity contribution in [1.82, 2.24) is 10.6 Å². The second-order valence-electron chi connectivity index (χ2n) is 8.05. The second-order valence-corrected chi connectivity index (χ2v) is 8.46. The van der Waals surface area contributed by atoms with Crippen molar-refractivity contribution in [2.45, 2.75) is 32.4 Å². The highest BCUT2D eigenvalue weighted by Crippen LogP contribution is 2.26. The molecule has 7 heteroatoms. The fourth-order valence-corrected chi connectivity index (χ4v) is 3.63. The smallest absolute Gasteiger partial charge is 0.251 e. The lowest BCUT2D eigenvalue weighted by molar-refractivity contribution is -0.122. The van der Waals surface area contributed by atoms with Crippen LogP contribution in [0.25, 0.3) is 0 Å². The summed E-state index contributed by atoms with van der Waals surface area (Å²) in [5.74, 6) is -0.350. The molecular weight excluding hydrogens is 452 g/mol. The van der Waals surface area contributed by atoms with Gasteiger partial charge in [0, 0.05) is 30.2 Å². The van der Waals surface area contributed by atoms with E-state index >= 15 is 0 Å². The van der Waals surface area contributed by atoms with E-state index in [0.29, 0.717) is 27.5 Å². The van der Waals surface area contributed by atoms with Crippen LogP contribution in [-0.2, 0) is 11.2 Å². The Morgan fingerprint density at radius 2 is 1.50 bits per heavy atom. The summed E-state index contributed by atoms with van der Waals surface area (Å²) in [7, 11) is 1.51. The van der Waals surface area contributed by atoms with Gasteiger partial charge in [0.1, 0.15) is 11.8 Å². The van der Waals surface area contributed by atoms with Crippen LogP contribution in [0.5, 0.6) is 5.75 Å². The number of benzene rings is 3. The maximum atomic E-state index is 12.8. The summed E-state index contributed by atoms with van der Waals surface area (Å²) in [6.07, 6.45) is 0.206. The zero-order valence-electron chi connectivity index (χ0n) is 19.3. The monoisotopic (exact) mass is 478 g/mol. The van der Waals surface area contributed by atoms with Crippen molar-refractivity contribution in [1.29, 1.82) is 0 Å². The number of likely N-dealkylation sites (N-methyl/N-ethyl adjacent to an activating group) is 1. The predicted molar refractivity (Wildman–Crippen MR) is 133 cm³/mol. The summed E-state index contributed by atoms with van der Waals surface area (Å²) in [5.41, 5.74) is 2.28. The lowest BCUT2D eigenvalue weighted by Crippen LogP contribution is -2.47. The molecule has 3 aromatic rings. The van der Waals surface area contributed by atoms with Gasteiger partial charge in [-0.15, -0.1) is 0 Å². The fraction of sp³-hybridized carbons (Fsp3) is 0.222. The van der Waals surface area contributed by atoms with Crippen LogP contribution in [0.4, 0.5) is 0 Å². The minimum atomic E-state index is -0.807. The third-order valence-electron chi connectivity index (χ3n) is 5.12. The molecule has 2 N–H and O–H groups in total. The Morgan fingerprint density at radius 3 is 2.09 bits per heavy atom. The lowest BCUT2D eigenvalue weighted by atomic mass is 9.99. The summed E-state index contributed by atoms with van der Waals surface area (Å²) in [6.45, 7) is 3.77. The first-order valence-electron chi connectivity index (χ1n) is 11.0. The number of carbonyl (C=O) groups is 3. The van der Waals surface area contributed by atoms with Crippen molar-refractivity contribution in [3.8, 4) is 5.75 Å². The molecule has 0 aliphatic rings. The van der Waals surface area contributed by atoms with E-state index in [1.54, 1.807) is 48.5 Å². The van der Waals surface area contributed by atoms with Crippen LogP contribution in [0, 0.1) is 0 Å². The Hall–Kier alpha value is -3.64. The van der Waals surface area contributed by atoms with Crippen LogP contribution >= 0.6 is 11.6 Å². The standard InChI is InChI=1S/C27H27ClN2O4/c1-17(2)34-24-14-13-21(16-22(24)28)26(32)30-23(27(33)29-3)15-18-9-11-20(12-10-18)25(31)19-7-5-4-6-8-19/h4-14,16-17,23H,15H2,1-3H3,(H,29,33)(H,30,32). The number of hydrogen-bond donors (Lipinski definition) is 2. The van der Waals surface area contributed by atoms with Gasteiger partial charge in [0.05, 0.1) is 11.1 Å². The molecule has 0 aliphatic heterocycles. The van der Waals surface area contributed by atoms with Gasteiger partial charge >= 0.3 is 0 Å². The Morgan fingerprint density at radius 1 is 0.882 bits per heavy atom. The van der Waals surface area contributed by atoms with Gasteiger partial charge in [-0.3, -0.25) is 14.4 Å². The first-order chi connectivity index (χ1) is 16.3. The Bertz CT molecular complexity index is 1160. The molecule has 0 heterocycles. The van der Waals surface area contributed by atoms with Crippen molar-refractivity contribution in [2.24, 2.45) is 0 Å². The van der Waals surface area contributed by atoms with Crippen LogP contribution in [0.1, 0.15) is 45.7 Å². The normalized spacial score (nSPS) is 11.6. The van der Waals surface area contributed by atoms with Crippen molar-refractivity contribution in [2.75, 3.05) is 7.05 Å². The summed E-state index contributed by atoms with van der Waals surface area (Å²) >= 11 is 6.25. The zero-order chi connectivity index (χ0) is 24.7. The molecule has 34 heavy (non-hydrogen) atoms. The molecule has 3 aromatic carbocycles. The van der Waals surface area contributed by atoms with Gasteiger partial charge in [-0.2, -0.15) is 0 Å². The highest BCUT2D eigenvalue weighted by Gasteiger charge is 2.22. The second kappa shape index (κ2) is 11.5. The van der Waals surface area contributed by atoms with E-state index in [2.05, 4.69) is 10.6 Å². The highest BCUT2D eigenvalue weighted by atomic mass is 35.5. The van der Waals surface area contributed by atoms with Gasteiger partial charge in [0.2, 0.25) is 5.91 Å². The Kier molecular flexibility index (Phi) is 8.44. The van der Waals surface area contributed by atoms with Crippen LogP contribution in [0.2, 0.25) is 5.02 Å². The summed E-state index contributed by atoms with van der Waals surface area (Å²) in [5, 5.41) is 5.66. The molecule has 0 spiro atoms. The molecule has 6 nitrogen and oxygen atoms in total. The first-order valence-corrected chi connectivity index (χ1v) is 11.3. The van der Waals surface area contributed by atoms with Crippen LogP contribution in [-0.4, -0.2) is 36.8 Å². The van der Waals surface area contributed by atoms with E-state index < -0.39 is 11.9 Å². The van der Waals surface area contributed by atoms with E-state index in [4.69, 9.17) is 16.3 Å². The highest BCUT2D eigenvalue weighted by molar-refractivity contribution is 6.32. The predicted octanol–water partition coefficient (Wildman–Crippen LogP) is 4.45. The Labute approximate surface area is 204 Å². The SMILES string of the molecule is CNC(=O)C(Cc1ccc(C(=O)c2ccccc2)cc1)NC(=O)c1ccc(OC(C)C)c(Cl)c1. The largest absolute Gasteiger partial charge is 0.489 e. The van der Waals surface area contributed by atoms with Crippen LogP contribution in [0.3, 0.4) is 0 Å². The number of ketones is 1. The molecule has 0 aromatic heterocycles. The van der Waals surface area contributed by atoms with Gasteiger partial charge < -0.3 is 15.4 Å². The minimum absolute atomic E-state index is 0.0517. The van der Waals surface area contributed by atoms with Gasteiger partial charge in [0.25, 0.3) is 5.91 Å². The van der Waals surface area contributed by atoms with Crippen molar-refractivity contribution in [3.63, 3.8) is 0 Å². The van der Waals surface area contributed by atoms with E-state index in [-0.39, 0.29) is 24.2 Å². The Balaban J connectivity index is 1.71. The molecular formula is C27H27ClN2O4. The van der Waals surface area contributed by atoms with Gasteiger partial charge in [0.15, 0.2) is 5.78 Å². The summed E-state index contributed by atoms with van der Waals surface area (Å²) < 4.78 is 5.60. The van der Waals surface area contributed by atoms with Gasteiger partial charge in [-0.1, -0.05) is 66.2 Å². The number of nitrogens with one attached hydrogen (secondary N) is 2. The van der Waals surface area contributed by atoms with Crippen molar-refractivity contribution >= 4 is 29.2 Å². The molecule has 2 amide bonds. The number of ether oxygens (including phenoxy) is 1. The summed E-state index contributed by atoms with van der Waals surface area (Å²) in [4.78, 5) is 37.9. The van der Waals surface area contributed by atoms with E-state index in [1.807, 2.05) is 32.0 Å². The van der Waals surface area contributed by atoms with E-state index in [1.165, 1.54) is 13.1 Å². The summed E-state index contributed by atoms with van der Waals surface area (Å²) in [6, 6.07) is 20.0. The topological polar surface area (TPSA) is 84.5 Å².